The summed E-state index contributed by atoms with van der Waals surface area (Å²) in [5.74, 6) is 0.0609. The molecule has 2 fully saturated rings. The molecule has 0 spiro atoms. The third-order valence-corrected chi connectivity index (χ3v) is 7.13. The van der Waals surface area contributed by atoms with E-state index >= 15 is 0 Å². The monoisotopic (exact) mass is 395 g/mol. The highest BCUT2D eigenvalue weighted by molar-refractivity contribution is 7.89. The average molecular weight is 396 g/mol. The number of benzene rings is 1. The van der Waals surface area contributed by atoms with E-state index in [9.17, 15) is 13.2 Å². The summed E-state index contributed by atoms with van der Waals surface area (Å²) in [7, 11) is -3.60. The lowest BCUT2D eigenvalue weighted by atomic mass is 9.90. The molecule has 1 saturated carbocycles. The lowest BCUT2D eigenvalue weighted by Crippen LogP contribution is -2.48. The van der Waals surface area contributed by atoms with Crippen LogP contribution in [0.5, 0.6) is 0 Å². The zero-order chi connectivity index (χ0) is 19.4. The summed E-state index contributed by atoms with van der Waals surface area (Å²) in [6, 6.07) is 6.03. The van der Waals surface area contributed by atoms with Crippen molar-refractivity contribution in [2.45, 2.75) is 63.1 Å². The van der Waals surface area contributed by atoms with Gasteiger partial charge in [-0.05, 0) is 56.9 Å². The fourth-order valence-electron chi connectivity index (χ4n) is 3.87. The molecule has 1 aliphatic heterocycles. The number of ether oxygens (including phenoxy) is 2. The number of nitrogens with zero attached hydrogens (tertiary/aromatic N) is 1. The van der Waals surface area contributed by atoms with Crippen molar-refractivity contribution in [3.05, 3.63) is 29.8 Å². The second-order valence-electron chi connectivity index (χ2n) is 7.71. The molecule has 0 unspecified atom stereocenters. The molecule has 6 nitrogen and oxygen atoms in total. The van der Waals surface area contributed by atoms with Gasteiger partial charge >= 0.3 is 5.97 Å². The van der Waals surface area contributed by atoms with E-state index in [1.807, 2.05) is 13.8 Å². The van der Waals surface area contributed by atoms with Crippen LogP contribution in [-0.4, -0.2) is 50.6 Å². The van der Waals surface area contributed by atoms with Gasteiger partial charge in [0, 0.05) is 13.1 Å². The number of carbonyl (C=O) groups excluding carboxylic acids is 1. The smallest absolute Gasteiger partial charge is 0.338 e. The van der Waals surface area contributed by atoms with Crippen LogP contribution in [0.25, 0.3) is 0 Å². The Balaban J connectivity index is 1.62. The summed E-state index contributed by atoms with van der Waals surface area (Å²) in [6.45, 7) is 4.84. The number of hydrogen-bond donors (Lipinski definition) is 0. The Kier molecular flexibility index (Phi) is 6.55. The summed E-state index contributed by atoms with van der Waals surface area (Å²) >= 11 is 0. The molecule has 27 heavy (non-hydrogen) atoms. The van der Waals surface area contributed by atoms with Crippen LogP contribution < -0.4 is 0 Å². The molecule has 1 heterocycles. The zero-order valence-corrected chi connectivity index (χ0v) is 16.9. The van der Waals surface area contributed by atoms with Crippen LogP contribution in [0.2, 0.25) is 0 Å². The van der Waals surface area contributed by atoms with Gasteiger partial charge in [-0.15, -0.1) is 0 Å². The Morgan fingerprint density at radius 3 is 2.26 bits per heavy atom. The van der Waals surface area contributed by atoms with E-state index in [0.29, 0.717) is 31.2 Å². The molecule has 3 rings (SSSR count). The van der Waals surface area contributed by atoms with Crippen molar-refractivity contribution in [3.8, 4) is 0 Å². The minimum atomic E-state index is -3.60. The zero-order valence-electron chi connectivity index (χ0n) is 16.1. The van der Waals surface area contributed by atoms with Crippen LogP contribution in [0, 0.1) is 5.92 Å². The maximum absolute atomic E-state index is 12.8. The number of morpholine rings is 1. The molecule has 1 aromatic carbocycles. The molecule has 1 aromatic rings. The summed E-state index contributed by atoms with van der Waals surface area (Å²) < 4.78 is 38.2. The molecule has 150 valence electrons. The minimum Gasteiger partial charge on any atom is -0.462 e. The molecule has 2 aliphatic rings. The first-order valence-corrected chi connectivity index (χ1v) is 11.2. The van der Waals surface area contributed by atoms with E-state index in [0.717, 1.165) is 12.8 Å². The molecular formula is C20H29NO5S. The molecule has 1 saturated heterocycles. The van der Waals surface area contributed by atoms with Gasteiger partial charge in [0.2, 0.25) is 10.0 Å². The Bertz CT molecular complexity index is 730. The van der Waals surface area contributed by atoms with E-state index in [2.05, 4.69) is 0 Å². The lowest BCUT2D eigenvalue weighted by Gasteiger charge is -2.34. The quantitative estimate of drug-likeness (QED) is 0.716. The van der Waals surface area contributed by atoms with Crippen LogP contribution in [-0.2, 0) is 19.5 Å². The summed E-state index contributed by atoms with van der Waals surface area (Å²) in [5.41, 5.74) is 0.383. The van der Waals surface area contributed by atoms with Gasteiger partial charge in [-0.3, -0.25) is 0 Å². The standard InChI is InChI=1S/C20H29NO5S/c1-15-12-21(13-16(2)26-15)27(23,24)19-10-8-18(9-11-19)20(22)25-14-17-6-4-3-5-7-17/h8-11,15-17H,3-7,12-14H2,1-2H3/t15-,16-/m1/s1. The average Bonchev–Trinajstić information content (AvgIpc) is 2.66. The summed E-state index contributed by atoms with van der Waals surface area (Å²) in [4.78, 5) is 12.4. The maximum atomic E-state index is 12.8. The molecule has 0 aromatic heterocycles. The molecule has 0 N–H and O–H groups in total. The molecule has 7 heteroatoms. The number of rotatable bonds is 5. The Labute approximate surface area is 161 Å². The molecule has 2 atom stereocenters. The molecule has 0 amide bonds. The van der Waals surface area contributed by atoms with Crippen molar-refractivity contribution in [2.75, 3.05) is 19.7 Å². The highest BCUT2D eigenvalue weighted by Crippen LogP contribution is 2.25. The first-order chi connectivity index (χ1) is 12.9. The molecule has 0 bridgehead atoms. The van der Waals surface area contributed by atoms with E-state index in [-0.39, 0.29) is 17.1 Å². The topological polar surface area (TPSA) is 72.9 Å². The van der Waals surface area contributed by atoms with Crippen molar-refractivity contribution in [1.82, 2.24) is 4.31 Å². The third-order valence-electron chi connectivity index (χ3n) is 5.29. The van der Waals surface area contributed by atoms with Crippen molar-refractivity contribution in [3.63, 3.8) is 0 Å². The SMILES string of the molecule is C[C@@H]1CN(S(=O)(=O)c2ccc(C(=O)OCC3CCCCC3)cc2)C[C@@H](C)O1. The van der Waals surface area contributed by atoms with Crippen molar-refractivity contribution in [2.24, 2.45) is 5.92 Å². The van der Waals surface area contributed by atoms with Crippen molar-refractivity contribution >= 4 is 16.0 Å². The fraction of sp³-hybridized carbons (Fsp3) is 0.650. The van der Waals surface area contributed by atoms with Gasteiger partial charge in [-0.1, -0.05) is 19.3 Å². The van der Waals surface area contributed by atoms with Crippen molar-refractivity contribution < 1.29 is 22.7 Å². The molecule has 1 aliphatic carbocycles. The van der Waals surface area contributed by atoms with E-state index in [1.54, 1.807) is 0 Å². The Morgan fingerprint density at radius 2 is 1.67 bits per heavy atom. The van der Waals surface area contributed by atoms with Crippen LogP contribution in [0.15, 0.2) is 29.2 Å². The van der Waals surface area contributed by atoms with Gasteiger partial charge < -0.3 is 9.47 Å². The van der Waals surface area contributed by atoms with Crippen molar-refractivity contribution in [1.29, 1.82) is 0 Å². The first kappa shape index (κ1) is 20.3. The fourth-order valence-corrected chi connectivity index (χ4v) is 5.46. The van der Waals surface area contributed by atoms with Gasteiger partial charge in [0.05, 0.1) is 29.3 Å². The lowest BCUT2D eigenvalue weighted by molar-refractivity contribution is -0.0440. The molecular weight excluding hydrogens is 366 g/mol. The number of carbonyl (C=O) groups is 1. The second-order valence-corrected chi connectivity index (χ2v) is 9.64. The van der Waals surface area contributed by atoms with Gasteiger partial charge in [-0.25, -0.2) is 13.2 Å². The number of sulfonamides is 1. The van der Waals surface area contributed by atoms with Crippen LogP contribution in [0.1, 0.15) is 56.3 Å². The Hall–Kier alpha value is -1.44. The van der Waals surface area contributed by atoms with Gasteiger partial charge in [0.1, 0.15) is 0 Å². The van der Waals surface area contributed by atoms with Gasteiger partial charge in [0.25, 0.3) is 0 Å². The second kappa shape index (κ2) is 8.71. The highest BCUT2D eigenvalue weighted by Gasteiger charge is 2.32. The van der Waals surface area contributed by atoms with Gasteiger partial charge in [-0.2, -0.15) is 4.31 Å². The summed E-state index contributed by atoms with van der Waals surface area (Å²) in [5, 5.41) is 0. The van der Waals surface area contributed by atoms with E-state index in [1.165, 1.54) is 47.8 Å². The maximum Gasteiger partial charge on any atom is 0.338 e. The largest absolute Gasteiger partial charge is 0.462 e. The van der Waals surface area contributed by atoms with Crippen LogP contribution in [0.4, 0.5) is 0 Å². The predicted octanol–water partition coefficient (Wildman–Crippen LogP) is 3.22. The van der Waals surface area contributed by atoms with E-state index < -0.39 is 16.0 Å². The molecule has 0 radical (unpaired) electrons. The number of hydrogen-bond acceptors (Lipinski definition) is 5. The van der Waals surface area contributed by atoms with E-state index in [4.69, 9.17) is 9.47 Å². The number of esters is 1. The first-order valence-electron chi connectivity index (χ1n) is 9.79. The van der Waals surface area contributed by atoms with Crippen LogP contribution >= 0.6 is 0 Å². The van der Waals surface area contributed by atoms with Crippen LogP contribution in [0.3, 0.4) is 0 Å². The van der Waals surface area contributed by atoms with Gasteiger partial charge in [0.15, 0.2) is 0 Å². The Morgan fingerprint density at radius 1 is 1.07 bits per heavy atom. The minimum absolute atomic E-state index is 0.141. The third kappa shape index (κ3) is 5.09. The highest BCUT2D eigenvalue weighted by atomic mass is 32.2. The predicted molar refractivity (Wildman–Crippen MR) is 102 cm³/mol. The summed E-state index contributed by atoms with van der Waals surface area (Å²) in [6.07, 6.45) is 5.61. The normalized spacial score (nSPS) is 25.3.